The van der Waals surface area contributed by atoms with Gasteiger partial charge in [-0.25, -0.2) is 0 Å². The van der Waals surface area contributed by atoms with Crippen molar-refractivity contribution in [2.45, 2.75) is 56.5 Å². The Morgan fingerprint density at radius 1 is 1.20 bits per heavy atom. The Labute approximate surface area is 120 Å². The third kappa shape index (κ3) is 1.95. The van der Waals surface area contributed by atoms with E-state index in [9.17, 15) is 4.79 Å². The number of nitrogens with one attached hydrogen (secondary N) is 1. The molecule has 1 atom stereocenters. The number of carbonyl (C=O) groups excluding carboxylic acids is 1. The van der Waals surface area contributed by atoms with Crippen LogP contribution in [-0.2, 0) is 4.79 Å². The topological polar surface area (TPSA) is 56.1 Å². The molecule has 0 unspecified atom stereocenters. The zero-order valence-corrected chi connectivity index (χ0v) is 12.0. The lowest BCUT2D eigenvalue weighted by Crippen LogP contribution is -2.61. The summed E-state index contributed by atoms with van der Waals surface area (Å²) in [6.45, 7) is 1.20. The maximum atomic E-state index is 12.2. The standard InChI is InChI=1S/C16H23N3O/c17-9-14-1-2-19(14)15(20)10-18-16-6-11-3-12(7-16)5-13(4-11)8-16/h11-14,18H,1-8,10H2/t11?,12?,13?,14-,16?/m0/s1. The Morgan fingerprint density at radius 3 is 2.25 bits per heavy atom. The van der Waals surface area contributed by atoms with Crippen molar-refractivity contribution in [3.8, 4) is 6.07 Å². The first-order chi connectivity index (χ1) is 9.67. The third-order valence-electron chi connectivity index (χ3n) is 6.14. The summed E-state index contributed by atoms with van der Waals surface area (Å²) < 4.78 is 0. The number of rotatable bonds is 3. The maximum absolute atomic E-state index is 12.2. The van der Waals surface area contributed by atoms with Crippen molar-refractivity contribution < 1.29 is 4.79 Å². The molecule has 0 aromatic rings. The fourth-order valence-electron chi connectivity index (χ4n) is 5.51. The minimum Gasteiger partial charge on any atom is -0.325 e. The summed E-state index contributed by atoms with van der Waals surface area (Å²) in [6.07, 6.45) is 8.95. The van der Waals surface area contributed by atoms with E-state index in [0.717, 1.165) is 30.7 Å². The van der Waals surface area contributed by atoms with Gasteiger partial charge in [-0.3, -0.25) is 4.79 Å². The average Bonchev–Trinajstić information content (AvgIpc) is 2.34. The van der Waals surface area contributed by atoms with E-state index in [0.29, 0.717) is 6.54 Å². The molecule has 1 N–H and O–H groups in total. The first-order valence-corrected chi connectivity index (χ1v) is 8.11. The minimum atomic E-state index is -0.166. The first-order valence-electron chi connectivity index (χ1n) is 8.11. The van der Waals surface area contributed by atoms with Gasteiger partial charge >= 0.3 is 0 Å². The Balaban J connectivity index is 1.38. The number of hydrogen-bond acceptors (Lipinski definition) is 3. The highest BCUT2D eigenvalue weighted by molar-refractivity contribution is 5.79. The van der Waals surface area contributed by atoms with Crippen LogP contribution in [0.4, 0.5) is 0 Å². The van der Waals surface area contributed by atoms with Crippen molar-refractivity contribution in [2.24, 2.45) is 17.8 Å². The number of nitrogens with zero attached hydrogens (tertiary/aromatic N) is 2. The van der Waals surface area contributed by atoms with E-state index in [1.54, 1.807) is 4.90 Å². The number of nitriles is 1. The van der Waals surface area contributed by atoms with Crippen LogP contribution in [0.3, 0.4) is 0 Å². The van der Waals surface area contributed by atoms with Gasteiger partial charge in [-0.15, -0.1) is 0 Å². The second kappa shape index (κ2) is 4.46. The van der Waals surface area contributed by atoms with Crippen molar-refractivity contribution in [3.05, 3.63) is 0 Å². The monoisotopic (exact) mass is 273 g/mol. The van der Waals surface area contributed by atoms with E-state index in [1.165, 1.54) is 38.5 Å². The van der Waals surface area contributed by atoms with Crippen LogP contribution in [0.15, 0.2) is 0 Å². The molecule has 0 radical (unpaired) electrons. The van der Waals surface area contributed by atoms with Crippen LogP contribution < -0.4 is 5.32 Å². The quantitative estimate of drug-likeness (QED) is 0.851. The van der Waals surface area contributed by atoms with Gasteiger partial charge in [-0.2, -0.15) is 5.26 Å². The summed E-state index contributed by atoms with van der Waals surface area (Å²) in [5, 5.41) is 12.6. The Bertz CT molecular complexity index is 432. The van der Waals surface area contributed by atoms with E-state index in [2.05, 4.69) is 11.4 Å². The lowest BCUT2D eigenvalue weighted by Gasteiger charge is -2.57. The molecule has 5 fully saturated rings. The summed E-state index contributed by atoms with van der Waals surface area (Å²) in [7, 11) is 0. The number of amides is 1. The van der Waals surface area contributed by atoms with Gasteiger partial charge in [0.15, 0.2) is 0 Å². The lowest BCUT2D eigenvalue weighted by atomic mass is 9.53. The molecule has 4 nitrogen and oxygen atoms in total. The summed E-state index contributed by atoms with van der Waals surface area (Å²) in [4.78, 5) is 13.9. The molecule has 4 aliphatic carbocycles. The minimum absolute atomic E-state index is 0.124. The fraction of sp³-hybridized carbons (Fsp3) is 0.875. The molecule has 5 rings (SSSR count). The molecule has 5 aliphatic rings. The van der Waals surface area contributed by atoms with Crippen LogP contribution in [0.1, 0.15) is 44.9 Å². The van der Waals surface area contributed by atoms with Crippen LogP contribution in [-0.4, -0.2) is 35.5 Å². The Morgan fingerprint density at radius 2 is 1.80 bits per heavy atom. The van der Waals surface area contributed by atoms with Crippen molar-refractivity contribution >= 4 is 5.91 Å². The molecule has 108 valence electrons. The molecular weight excluding hydrogens is 250 g/mol. The van der Waals surface area contributed by atoms with Crippen molar-refractivity contribution in [1.82, 2.24) is 10.2 Å². The normalized spacial score (nSPS) is 45.0. The average molecular weight is 273 g/mol. The molecule has 1 amide bonds. The summed E-state index contributed by atoms with van der Waals surface area (Å²) in [5.41, 5.74) is 0.247. The highest BCUT2D eigenvalue weighted by Gasteiger charge is 2.50. The second-order valence-electron chi connectivity index (χ2n) is 7.57. The molecule has 20 heavy (non-hydrogen) atoms. The molecule has 0 spiro atoms. The number of carbonyl (C=O) groups is 1. The summed E-state index contributed by atoms with van der Waals surface area (Å²) >= 11 is 0. The third-order valence-corrected chi connectivity index (χ3v) is 6.14. The van der Waals surface area contributed by atoms with Crippen molar-refractivity contribution in [1.29, 1.82) is 5.26 Å². The Kier molecular flexibility index (Phi) is 2.82. The van der Waals surface area contributed by atoms with Crippen LogP contribution in [0.5, 0.6) is 0 Å². The van der Waals surface area contributed by atoms with Crippen molar-refractivity contribution in [2.75, 3.05) is 13.1 Å². The Hall–Kier alpha value is -1.08. The molecule has 0 aromatic carbocycles. The highest BCUT2D eigenvalue weighted by Crippen LogP contribution is 2.55. The summed E-state index contributed by atoms with van der Waals surface area (Å²) in [6, 6.07) is 2.04. The first kappa shape index (κ1) is 12.6. The SMILES string of the molecule is N#C[C@@H]1CCN1C(=O)CNC12CC3CC(CC(C3)C1)C2. The molecule has 4 saturated carbocycles. The van der Waals surface area contributed by atoms with Gasteiger partial charge in [0.25, 0.3) is 0 Å². The van der Waals surface area contributed by atoms with Crippen molar-refractivity contribution in [3.63, 3.8) is 0 Å². The molecular formula is C16H23N3O. The predicted octanol–water partition coefficient (Wildman–Crippen LogP) is 1.67. The van der Waals surface area contributed by atoms with E-state index < -0.39 is 0 Å². The summed E-state index contributed by atoms with van der Waals surface area (Å²) in [5.74, 6) is 2.83. The lowest BCUT2D eigenvalue weighted by molar-refractivity contribution is -0.137. The van der Waals surface area contributed by atoms with E-state index >= 15 is 0 Å². The molecule has 4 heteroatoms. The maximum Gasteiger partial charge on any atom is 0.237 e. The van der Waals surface area contributed by atoms with Gasteiger partial charge < -0.3 is 10.2 Å². The van der Waals surface area contributed by atoms with Gasteiger partial charge in [0.05, 0.1) is 12.6 Å². The zero-order valence-electron chi connectivity index (χ0n) is 12.0. The van der Waals surface area contributed by atoms with Gasteiger partial charge in [0, 0.05) is 12.1 Å². The largest absolute Gasteiger partial charge is 0.325 e. The van der Waals surface area contributed by atoms with Gasteiger partial charge in [0.1, 0.15) is 6.04 Å². The highest BCUT2D eigenvalue weighted by atomic mass is 16.2. The molecule has 1 aliphatic heterocycles. The molecule has 1 heterocycles. The molecule has 0 aromatic heterocycles. The van der Waals surface area contributed by atoms with Gasteiger partial charge in [0.2, 0.25) is 5.91 Å². The van der Waals surface area contributed by atoms with Gasteiger partial charge in [-0.05, 0) is 62.7 Å². The van der Waals surface area contributed by atoms with Crippen LogP contribution in [0, 0.1) is 29.1 Å². The number of hydrogen-bond donors (Lipinski definition) is 1. The van der Waals surface area contributed by atoms with Crippen LogP contribution in [0.2, 0.25) is 0 Å². The predicted molar refractivity (Wildman–Crippen MR) is 74.6 cm³/mol. The fourth-order valence-corrected chi connectivity index (χ4v) is 5.51. The van der Waals surface area contributed by atoms with Crippen LogP contribution in [0.25, 0.3) is 0 Å². The smallest absolute Gasteiger partial charge is 0.237 e. The molecule has 4 bridgehead atoms. The van der Waals surface area contributed by atoms with E-state index in [1.807, 2.05) is 0 Å². The molecule has 1 saturated heterocycles. The second-order valence-corrected chi connectivity index (χ2v) is 7.57. The van der Waals surface area contributed by atoms with Crippen LogP contribution >= 0.6 is 0 Å². The van der Waals surface area contributed by atoms with E-state index in [-0.39, 0.29) is 17.5 Å². The van der Waals surface area contributed by atoms with E-state index in [4.69, 9.17) is 5.26 Å². The van der Waals surface area contributed by atoms with Gasteiger partial charge in [-0.1, -0.05) is 0 Å². The zero-order chi connectivity index (χ0) is 13.7. The number of likely N-dealkylation sites (tertiary alicyclic amines) is 1.